The van der Waals surface area contributed by atoms with E-state index < -0.39 is 18.0 Å². The van der Waals surface area contributed by atoms with Crippen molar-refractivity contribution >= 4 is 17.8 Å². The number of carbonyl (C=O) groups is 3. The van der Waals surface area contributed by atoms with Gasteiger partial charge in [-0.25, -0.2) is 4.79 Å². The Labute approximate surface area is 140 Å². The second-order valence-electron chi connectivity index (χ2n) is 5.32. The number of amides is 4. The van der Waals surface area contributed by atoms with Crippen LogP contribution in [-0.2, 0) is 20.9 Å². The number of hydrogen-bond acceptors (Lipinski definition) is 5. The van der Waals surface area contributed by atoms with Gasteiger partial charge in [-0.1, -0.05) is 12.1 Å². The summed E-state index contributed by atoms with van der Waals surface area (Å²) in [5.74, 6) is -0.0173. The third-order valence-corrected chi connectivity index (χ3v) is 3.62. The van der Waals surface area contributed by atoms with E-state index in [1.54, 1.807) is 31.4 Å². The summed E-state index contributed by atoms with van der Waals surface area (Å²) in [5, 5.41) is 5.16. The van der Waals surface area contributed by atoms with Crippen LogP contribution in [0.25, 0.3) is 0 Å². The number of ether oxygens (including phenoxy) is 2. The van der Waals surface area contributed by atoms with Gasteiger partial charge in [0.15, 0.2) is 0 Å². The van der Waals surface area contributed by atoms with Crippen molar-refractivity contribution in [1.29, 1.82) is 0 Å². The maximum atomic E-state index is 12.3. The van der Waals surface area contributed by atoms with E-state index in [1.807, 2.05) is 0 Å². The Kier molecular flexibility index (Phi) is 6.14. The van der Waals surface area contributed by atoms with Gasteiger partial charge < -0.3 is 20.1 Å². The van der Waals surface area contributed by atoms with Crippen molar-refractivity contribution in [3.05, 3.63) is 29.8 Å². The number of methoxy groups -OCH3 is 2. The third-order valence-electron chi connectivity index (χ3n) is 3.62. The van der Waals surface area contributed by atoms with Gasteiger partial charge in [0.1, 0.15) is 11.8 Å². The summed E-state index contributed by atoms with van der Waals surface area (Å²) in [6.45, 7) is 0.899. The molecular formula is C16H21N3O5. The van der Waals surface area contributed by atoms with Gasteiger partial charge in [0, 0.05) is 13.7 Å². The molecule has 2 N–H and O–H groups in total. The topological polar surface area (TPSA) is 97.0 Å². The molecule has 1 atom stereocenters. The van der Waals surface area contributed by atoms with Gasteiger partial charge in [-0.15, -0.1) is 0 Å². The molecular weight excluding hydrogens is 314 g/mol. The molecule has 8 heteroatoms. The van der Waals surface area contributed by atoms with Crippen LogP contribution in [0.5, 0.6) is 5.75 Å². The van der Waals surface area contributed by atoms with Gasteiger partial charge in [0.05, 0.1) is 26.7 Å². The lowest BCUT2D eigenvalue weighted by Crippen LogP contribution is -2.37. The molecule has 1 aromatic carbocycles. The van der Waals surface area contributed by atoms with Crippen LogP contribution >= 0.6 is 0 Å². The monoisotopic (exact) mass is 335 g/mol. The molecule has 24 heavy (non-hydrogen) atoms. The zero-order valence-corrected chi connectivity index (χ0v) is 13.7. The second kappa shape index (κ2) is 8.30. The molecule has 1 aromatic rings. The van der Waals surface area contributed by atoms with Crippen molar-refractivity contribution in [2.45, 2.75) is 19.0 Å². The van der Waals surface area contributed by atoms with Gasteiger partial charge in [-0.3, -0.25) is 14.5 Å². The number of nitrogens with one attached hydrogen (secondary N) is 2. The number of imide groups is 1. The van der Waals surface area contributed by atoms with Crippen molar-refractivity contribution in [1.82, 2.24) is 15.5 Å². The second-order valence-corrected chi connectivity index (χ2v) is 5.32. The average molecular weight is 335 g/mol. The zero-order valence-electron chi connectivity index (χ0n) is 13.7. The Morgan fingerprint density at radius 2 is 1.96 bits per heavy atom. The minimum absolute atomic E-state index is 0.0899. The summed E-state index contributed by atoms with van der Waals surface area (Å²) in [6, 6.07) is 5.75. The van der Waals surface area contributed by atoms with E-state index in [0.717, 1.165) is 10.5 Å². The molecule has 1 aliphatic heterocycles. The van der Waals surface area contributed by atoms with E-state index >= 15 is 0 Å². The van der Waals surface area contributed by atoms with Gasteiger partial charge in [-0.2, -0.15) is 0 Å². The maximum absolute atomic E-state index is 12.3. The van der Waals surface area contributed by atoms with Crippen molar-refractivity contribution in [2.24, 2.45) is 0 Å². The first kappa shape index (κ1) is 17.7. The smallest absolute Gasteiger partial charge is 0.325 e. The Bertz CT molecular complexity index is 602. The number of hydrogen-bond donors (Lipinski definition) is 2. The maximum Gasteiger partial charge on any atom is 0.325 e. The first-order valence-electron chi connectivity index (χ1n) is 7.55. The predicted molar refractivity (Wildman–Crippen MR) is 85.4 cm³/mol. The molecule has 4 amide bonds. The lowest BCUT2D eigenvalue weighted by atomic mass is 10.1. The van der Waals surface area contributed by atoms with Gasteiger partial charge in [0.2, 0.25) is 5.91 Å². The lowest BCUT2D eigenvalue weighted by molar-refractivity contribution is -0.131. The highest BCUT2D eigenvalue weighted by Gasteiger charge is 2.38. The number of nitrogens with zero attached hydrogens (tertiary/aromatic N) is 1. The summed E-state index contributed by atoms with van der Waals surface area (Å²) in [4.78, 5) is 37.2. The highest BCUT2D eigenvalue weighted by atomic mass is 16.5. The summed E-state index contributed by atoms with van der Waals surface area (Å²) in [5.41, 5.74) is 0.796. The molecule has 8 nitrogen and oxygen atoms in total. The number of carbonyl (C=O) groups excluding carboxylic acids is 3. The molecule has 0 saturated carbocycles. The Balaban J connectivity index is 1.91. The minimum Gasteiger partial charge on any atom is -0.497 e. The SMILES string of the molecule is COCCNC(=O)C[C@H]1NC(=O)N(Cc2ccc(OC)cc2)C1=O. The summed E-state index contributed by atoms with van der Waals surface area (Å²) in [6.07, 6.45) is -0.0899. The van der Waals surface area contributed by atoms with E-state index in [0.29, 0.717) is 18.9 Å². The van der Waals surface area contributed by atoms with Crippen LogP contribution in [0.4, 0.5) is 4.79 Å². The Morgan fingerprint density at radius 1 is 1.25 bits per heavy atom. The molecule has 0 bridgehead atoms. The summed E-state index contributed by atoms with van der Waals surface area (Å²) in [7, 11) is 3.10. The molecule has 0 spiro atoms. The Morgan fingerprint density at radius 3 is 2.58 bits per heavy atom. The van der Waals surface area contributed by atoms with E-state index in [-0.39, 0.29) is 18.9 Å². The van der Waals surface area contributed by atoms with E-state index in [9.17, 15) is 14.4 Å². The van der Waals surface area contributed by atoms with E-state index in [4.69, 9.17) is 9.47 Å². The van der Waals surface area contributed by atoms with Gasteiger partial charge >= 0.3 is 6.03 Å². The molecule has 0 aliphatic carbocycles. The van der Waals surface area contributed by atoms with Crippen molar-refractivity contribution < 1.29 is 23.9 Å². The van der Waals surface area contributed by atoms with Crippen molar-refractivity contribution in [3.8, 4) is 5.75 Å². The van der Waals surface area contributed by atoms with Crippen molar-refractivity contribution in [2.75, 3.05) is 27.4 Å². The van der Waals surface area contributed by atoms with Gasteiger partial charge in [-0.05, 0) is 17.7 Å². The van der Waals surface area contributed by atoms with Crippen LogP contribution < -0.4 is 15.4 Å². The number of benzene rings is 1. The fourth-order valence-corrected chi connectivity index (χ4v) is 2.33. The highest BCUT2D eigenvalue weighted by Crippen LogP contribution is 2.16. The molecule has 0 unspecified atom stereocenters. The molecule has 1 saturated heterocycles. The number of urea groups is 1. The Hall–Kier alpha value is -2.61. The molecule has 130 valence electrons. The molecule has 2 rings (SSSR count). The molecule has 0 aromatic heterocycles. The van der Waals surface area contributed by atoms with E-state index in [1.165, 1.54) is 7.11 Å². The van der Waals surface area contributed by atoms with Crippen LogP contribution in [0.1, 0.15) is 12.0 Å². The summed E-state index contributed by atoms with van der Waals surface area (Å²) < 4.78 is 9.90. The quantitative estimate of drug-likeness (QED) is 0.525. The fraction of sp³-hybridized carbons (Fsp3) is 0.438. The third kappa shape index (κ3) is 4.45. The molecule has 1 fully saturated rings. The first-order valence-corrected chi connectivity index (χ1v) is 7.55. The normalized spacial score (nSPS) is 16.9. The van der Waals surface area contributed by atoms with Crippen LogP contribution in [0, 0.1) is 0 Å². The summed E-state index contributed by atoms with van der Waals surface area (Å²) >= 11 is 0. The lowest BCUT2D eigenvalue weighted by Gasteiger charge is -2.13. The highest BCUT2D eigenvalue weighted by molar-refractivity contribution is 6.05. The minimum atomic E-state index is -0.835. The zero-order chi connectivity index (χ0) is 17.5. The standard InChI is InChI=1S/C16H21N3O5/c1-23-8-7-17-14(20)9-13-15(21)19(16(22)18-13)10-11-3-5-12(24-2)6-4-11/h3-6,13H,7-10H2,1-2H3,(H,17,20)(H,18,22)/t13-/m1/s1. The van der Waals surface area contributed by atoms with Gasteiger partial charge in [0.25, 0.3) is 5.91 Å². The predicted octanol–water partition coefficient (Wildman–Crippen LogP) is 0.268. The largest absolute Gasteiger partial charge is 0.497 e. The molecule has 0 radical (unpaired) electrons. The fourth-order valence-electron chi connectivity index (χ4n) is 2.33. The van der Waals surface area contributed by atoms with Crippen LogP contribution in [0.3, 0.4) is 0 Å². The molecule has 1 aliphatic rings. The van der Waals surface area contributed by atoms with E-state index in [2.05, 4.69) is 10.6 Å². The number of rotatable bonds is 8. The van der Waals surface area contributed by atoms with Crippen molar-refractivity contribution in [3.63, 3.8) is 0 Å². The van der Waals surface area contributed by atoms with Crippen LogP contribution in [0.2, 0.25) is 0 Å². The average Bonchev–Trinajstić information content (AvgIpc) is 2.83. The first-order chi connectivity index (χ1) is 11.5. The van der Waals surface area contributed by atoms with Crippen LogP contribution in [0.15, 0.2) is 24.3 Å². The van der Waals surface area contributed by atoms with Crippen LogP contribution in [-0.4, -0.2) is 56.2 Å². The molecule has 1 heterocycles.